The number of hydrogen-bond donors (Lipinski definition) is 2. The Kier molecular flexibility index (Phi) is 6.59. The lowest BCUT2D eigenvalue weighted by Gasteiger charge is -2.14. The zero-order valence-corrected chi connectivity index (χ0v) is 20.2. The molecule has 3 aromatic carbocycles. The van der Waals surface area contributed by atoms with Crippen LogP contribution in [0.5, 0.6) is 23.0 Å². The molecular weight excluding hydrogens is 477 g/mol. The van der Waals surface area contributed by atoms with Crippen LogP contribution in [0.4, 0.5) is 10.1 Å². The first-order valence-corrected chi connectivity index (χ1v) is 11.6. The molecule has 1 atom stereocenters. The third-order valence-corrected chi connectivity index (χ3v) is 6.26. The first kappa shape index (κ1) is 24.1. The minimum atomic E-state index is -0.876. The molecule has 8 nitrogen and oxygen atoms in total. The lowest BCUT2D eigenvalue weighted by Crippen LogP contribution is -2.37. The highest BCUT2D eigenvalue weighted by molar-refractivity contribution is 6.39. The van der Waals surface area contributed by atoms with Crippen molar-refractivity contribution in [3.63, 3.8) is 0 Å². The predicted molar refractivity (Wildman–Crippen MR) is 136 cm³/mol. The average molecular weight is 502 g/mol. The number of aryl methyl sites for hydroxylation is 1. The number of fused-ring (bicyclic) bond motifs is 2. The Labute approximate surface area is 212 Å². The van der Waals surface area contributed by atoms with E-state index in [9.17, 15) is 14.0 Å². The van der Waals surface area contributed by atoms with Gasteiger partial charge in [0.05, 0.1) is 25.8 Å². The van der Waals surface area contributed by atoms with E-state index in [2.05, 4.69) is 15.6 Å². The van der Waals surface area contributed by atoms with Crippen LogP contribution < -0.4 is 24.8 Å². The maximum Gasteiger partial charge on any atom is 0.313 e. The summed E-state index contributed by atoms with van der Waals surface area (Å²) in [5.41, 5.74) is 2.87. The molecule has 4 aromatic rings. The smallest absolute Gasteiger partial charge is 0.313 e. The summed E-state index contributed by atoms with van der Waals surface area (Å²) in [6, 6.07) is 16.5. The van der Waals surface area contributed by atoms with E-state index in [1.54, 1.807) is 18.2 Å². The summed E-state index contributed by atoms with van der Waals surface area (Å²) >= 11 is 0. The Balaban J connectivity index is 1.29. The van der Waals surface area contributed by atoms with Crippen molar-refractivity contribution in [2.24, 2.45) is 0 Å². The van der Waals surface area contributed by atoms with Gasteiger partial charge in [-0.05, 0) is 48.2 Å². The van der Waals surface area contributed by atoms with Gasteiger partial charge in [0, 0.05) is 29.4 Å². The molecule has 1 aliphatic carbocycles. The number of anilines is 1. The number of nitrogens with one attached hydrogen (secondary N) is 2. The van der Waals surface area contributed by atoms with Crippen LogP contribution in [0.2, 0.25) is 0 Å². The largest absolute Gasteiger partial charge is 0.493 e. The quantitative estimate of drug-likeness (QED) is 0.364. The average Bonchev–Trinajstić information content (AvgIpc) is 3.32. The molecule has 0 saturated heterocycles. The SMILES string of the molecule is COc1cc2nccc(Oc3ccc(NC(=O)C(=O)N[C@@H]4CCc5ccccc54)cc3F)c2cc1OC. The molecule has 1 heterocycles. The van der Waals surface area contributed by atoms with Crippen LogP contribution in [-0.4, -0.2) is 31.0 Å². The van der Waals surface area contributed by atoms with Gasteiger partial charge in [-0.25, -0.2) is 4.39 Å². The van der Waals surface area contributed by atoms with E-state index < -0.39 is 17.6 Å². The Morgan fingerprint density at radius 2 is 1.70 bits per heavy atom. The lowest BCUT2D eigenvalue weighted by molar-refractivity contribution is -0.136. The molecule has 9 heteroatoms. The number of ether oxygens (including phenoxy) is 3. The molecule has 188 valence electrons. The molecule has 0 saturated carbocycles. The number of halogens is 1. The van der Waals surface area contributed by atoms with E-state index in [0.717, 1.165) is 30.0 Å². The van der Waals surface area contributed by atoms with Crippen LogP contribution in [0.15, 0.2) is 66.9 Å². The number of carbonyl (C=O) groups is 2. The van der Waals surface area contributed by atoms with Crippen LogP contribution in [-0.2, 0) is 16.0 Å². The Bertz CT molecular complexity index is 1510. The Morgan fingerprint density at radius 3 is 2.49 bits per heavy atom. The summed E-state index contributed by atoms with van der Waals surface area (Å²) < 4.78 is 31.4. The van der Waals surface area contributed by atoms with E-state index in [1.807, 2.05) is 24.3 Å². The lowest BCUT2D eigenvalue weighted by atomic mass is 10.1. The molecule has 0 radical (unpaired) electrons. The van der Waals surface area contributed by atoms with E-state index in [4.69, 9.17) is 14.2 Å². The molecule has 0 aliphatic heterocycles. The van der Waals surface area contributed by atoms with Gasteiger partial charge in [0.25, 0.3) is 0 Å². The topological polar surface area (TPSA) is 98.8 Å². The molecule has 2 amide bonds. The van der Waals surface area contributed by atoms with E-state index >= 15 is 0 Å². The number of aromatic nitrogens is 1. The molecular formula is C28H24FN3O5. The van der Waals surface area contributed by atoms with Crippen LogP contribution in [0.25, 0.3) is 10.9 Å². The zero-order valence-electron chi connectivity index (χ0n) is 20.2. The summed E-state index contributed by atoms with van der Waals surface area (Å²) in [5.74, 6) is -1.09. The van der Waals surface area contributed by atoms with Gasteiger partial charge in [-0.15, -0.1) is 0 Å². The van der Waals surface area contributed by atoms with Crippen LogP contribution in [0.1, 0.15) is 23.6 Å². The van der Waals surface area contributed by atoms with Gasteiger partial charge in [0.15, 0.2) is 23.1 Å². The fraction of sp³-hybridized carbons (Fsp3) is 0.179. The second-order valence-corrected chi connectivity index (χ2v) is 8.50. The molecule has 2 N–H and O–H groups in total. The highest BCUT2D eigenvalue weighted by Gasteiger charge is 2.26. The molecule has 1 aromatic heterocycles. The number of rotatable bonds is 6. The maximum absolute atomic E-state index is 14.9. The second-order valence-electron chi connectivity index (χ2n) is 8.50. The van der Waals surface area contributed by atoms with Crippen molar-refractivity contribution in [1.82, 2.24) is 10.3 Å². The number of carbonyl (C=O) groups excluding carboxylic acids is 2. The summed E-state index contributed by atoms with van der Waals surface area (Å²) in [4.78, 5) is 29.2. The van der Waals surface area contributed by atoms with Crippen LogP contribution in [0.3, 0.4) is 0 Å². The van der Waals surface area contributed by atoms with Gasteiger partial charge >= 0.3 is 11.8 Å². The highest BCUT2D eigenvalue weighted by Crippen LogP contribution is 2.37. The number of hydrogen-bond acceptors (Lipinski definition) is 6. The summed E-state index contributed by atoms with van der Waals surface area (Å²) in [6.45, 7) is 0. The van der Waals surface area contributed by atoms with Gasteiger partial charge in [-0.2, -0.15) is 0 Å². The van der Waals surface area contributed by atoms with Crippen molar-refractivity contribution in [2.75, 3.05) is 19.5 Å². The molecule has 1 aliphatic rings. The molecule has 0 spiro atoms. The Hall–Kier alpha value is -4.66. The first-order chi connectivity index (χ1) is 18.0. The monoisotopic (exact) mass is 501 g/mol. The predicted octanol–water partition coefficient (Wildman–Crippen LogP) is 4.93. The van der Waals surface area contributed by atoms with Crippen molar-refractivity contribution in [1.29, 1.82) is 0 Å². The van der Waals surface area contributed by atoms with Crippen molar-refractivity contribution < 1.29 is 28.2 Å². The van der Waals surface area contributed by atoms with Crippen molar-refractivity contribution in [3.05, 3.63) is 83.8 Å². The second kappa shape index (κ2) is 10.1. The standard InChI is InChI=1S/C28H24FN3O5/c1-35-25-14-19-22(15-26(25)36-2)30-12-11-23(19)37-24-10-8-17(13-20(24)29)31-27(33)28(34)32-21-9-7-16-5-3-4-6-18(16)21/h3-6,8,10-15,21H,7,9H2,1-2H3,(H,31,33)(H,32,34)/t21-/m1/s1. The van der Waals surface area contributed by atoms with Gasteiger partial charge < -0.3 is 24.8 Å². The zero-order chi connectivity index (χ0) is 25.9. The third kappa shape index (κ3) is 4.88. The molecule has 0 fully saturated rings. The van der Waals surface area contributed by atoms with Gasteiger partial charge in [0.2, 0.25) is 0 Å². The molecule has 5 rings (SSSR count). The van der Waals surface area contributed by atoms with Crippen LogP contribution >= 0.6 is 0 Å². The minimum Gasteiger partial charge on any atom is -0.493 e. The van der Waals surface area contributed by atoms with Gasteiger partial charge in [-0.1, -0.05) is 24.3 Å². The molecule has 37 heavy (non-hydrogen) atoms. The maximum atomic E-state index is 14.9. The number of benzene rings is 3. The van der Waals surface area contributed by atoms with Crippen LogP contribution in [0, 0.1) is 5.82 Å². The van der Waals surface area contributed by atoms with E-state index in [1.165, 1.54) is 32.5 Å². The number of methoxy groups -OCH3 is 2. The summed E-state index contributed by atoms with van der Waals surface area (Å²) in [5, 5.41) is 5.79. The van der Waals surface area contributed by atoms with E-state index in [-0.39, 0.29) is 17.5 Å². The van der Waals surface area contributed by atoms with Crippen molar-refractivity contribution in [3.8, 4) is 23.0 Å². The first-order valence-electron chi connectivity index (χ1n) is 11.6. The van der Waals surface area contributed by atoms with Crippen molar-refractivity contribution in [2.45, 2.75) is 18.9 Å². The summed E-state index contributed by atoms with van der Waals surface area (Å²) in [7, 11) is 3.04. The molecule has 0 bridgehead atoms. The molecule has 0 unspecified atom stereocenters. The number of amides is 2. The minimum absolute atomic E-state index is 0.0627. The number of nitrogens with zero attached hydrogens (tertiary/aromatic N) is 1. The van der Waals surface area contributed by atoms with Gasteiger partial charge in [-0.3, -0.25) is 14.6 Å². The fourth-order valence-electron chi connectivity index (χ4n) is 4.44. The fourth-order valence-corrected chi connectivity index (χ4v) is 4.44. The summed E-state index contributed by atoms with van der Waals surface area (Å²) in [6.07, 6.45) is 3.10. The van der Waals surface area contributed by atoms with E-state index in [0.29, 0.717) is 28.2 Å². The Morgan fingerprint density at radius 1 is 0.919 bits per heavy atom. The highest BCUT2D eigenvalue weighted by atomic mass is 19.1. The normalized spacial score (nSPS) is 14.1. The number of pyridine rings is 1. The third-order valence-electron chi connectivity index (χ3n) is 6.26. The van der Waals surface area contributed by atoms with Gasteiger partial charge in [0.1, 0.15) is 5.75 Å². The van der Waals surface area contributed by atoms with Crippen molar-refractivity contribution >= 4 is 28.4 Å².